The highest BCUT2D eigenvalue weighted by Crippen LogP contribution is 2.15. The van der Waals surface area contributed by atoms with E-state index in [2.05, 4.69) is 9.97 Å². The molecular formula is C13H13FN2O. The van der Waals surface area contributed by atoms with Gasteiger partial charge in [0.2, 0.25) is 0 Å². The summed E-state index contributed by atoms with van der Waals surface area (Å²) < 4.78 is 12.8. The normalized spacial score (nSPS) is 10.5. The van der Waals surface area contributed by atoms with E-state index >= 15 is 0 Å². The molecule has 4 heteroatoms. The Labute approximate surface area is 98.3 Å². The van der Waals surface area contributed by atoms with Crippen LogP contribution in [0.3, 0.4) is 0 Å². The minimum atomic E-state index is -0.307. The largest absolute Gasteiger partial charge is 0.306 e. The molecule has 0 aliphatic carbocycles. The molecule has 0 saturated carbocycles. The summed E-state index contributed by atoms with van der Waals surface area (Å²) in [5, 5.41) is 0. The van der Waals surface area contributed by atoms with E-state index < -0.39 is 0 Å². The average molecular weight is 232 g/mol. The van der Waals surface area contributed by atoms with Crippen molar-refractivity contribution in [2.45, 2.75) is 20.3 Å². The van der Waals surface area contributed by atoms with Crippen LogP contribution in [0.25, 0.3) is 11.4 Å². The second-order valence-electron chi connectivity index (χ2n) is 3.85. The predicted octanol–water partition coefficient (Wildman–Crippen LogP) is 2.45. The highest BCUT2D eigenvalue weighted by Gasteiger charge is 2.07. The zero-order valence-electron chi connectivity index (χ0n) is 9.75. The van der Waals surface area contributed by atoms with Crippen LogP contribution in [-0.2, 0) is 6.42 Å². The molecule has 1 aromatic carbocycles. The number of halogens is 1. The van der Waals surface area contributed by atoms with Crippen LogP contribution in [0.5, 0.6) is 0 Å². The van der Waals surface area contributed by atoms with Crippen LogP contribution in [0.4, 0.5) is 4.39 Å². The third kappa shape index (κ3) is 2.25. The van der Waals surface area contributed by atoms with Crippen LogP contribution >= 0.6 is 0 Å². The van der Waals surface area contributed by atoms with E-state index in [0.29, 0.717) is 23.4 Å². The summed E-state index contributed by atoms with van der Waals surface area (Å²) in [6.07, 6.45) is 0.698. The summed E-state index contributed by atoms with van der Waals surface area (Å²) in [6.45, 7) is 3.70. The van der Waals surface area contributed by atoms with E-state index in [0.717, 1.165) is 5.69 Å². The van der Waals surface area contributed by atoms with Gasteiger partial charge in [-0.2, -0.15) is 0 Å². The van der Waals surface area contributed by atoms with Gasteiger partial charge in [0.15, 0.2) is 0 Å². The monoisotopic (exact) mass is 232 g/mol. The molecule has 0 saturated heterocycles. The van der Waals surface area contributed by atoms with Crippen LogP contribution in [-0.4, -0.2) is 9.97 Å². The Kier molecular flexibility index (Phi) is 3.04. The van der Waals surface area contributed by atoms with Crippen molar-refractivity contribution in [1.82, 2.24) is 9.97 Å². The Hall–Kier alpha value is -1.97. The Morgan fingerprint density at radius 2 is 1.94 bits per heavy atom. The van der Waals surface area contributed by atoms with Crippen molar-refractivity contribution in [2.75, 3.05) is 0 Å². The molecule has 88 valence electrons. The van der Waals surface area contributed by atoms with E-state index in [4.69, 9.17) is 0 Å². The lowest BCUT2D eigenvalue weighted by Crippen LogP contribution is -2.15. The van der Waals surface area contributed by atoms with Gasteiger partial charge < -0.3 is 4.98 Å². The molecule has 2 aromatic rings. The Balaban J connectivity index is 2.56. The van der Waals surface area contributed by atoms with Crippen molar-refractivity contribution in [3.8, 4) is 11.4 Å². The molecule has 0 radical (unpaired) electrons. The number of aryl methyl sites for hydroxylation is 1. The van der Waals surface area contributed by atoms with Gasteiger partial charge in [0.1, 0.15) is 11.6 Å². The summed E-state index contributed by atoms with van der Waals surface area (Å²) in [5.74, 6) is 0.177. The highest BCUT2D eigenvalue weighted by molar-refractivity contribution is 5.54. The van der Waals surface area contributed by atoms with Crippen molar-refractivity contribution in [1.29, 1.82) is 0 Å². The summed E-state index contributed by atoms with van der Waals surface area (Å²) in [5.41, 5.74) is 1.97. The standard InChI is InChI=1S/C13H13FN2O/c1-3-11-8(2)13(17)16-12(15-11)9-4-6-10(14)7-5-9/h4-7H,3H2,1-2H3,(H,15,16,17). The molecule has 0 bridgehead atoms. The topological polar surface area (TPSA) is 45.8 Å². The number of nitrogens with zero attached hydrogens (tertiary/aromatic N) is 1. The Morgan fingerprint density at radius 1 is 1.29 bits per heavy atom. The second-order valence-corrected chi connectivity index (χ2v) is 3.85. The van der Waals surface area contributed by atoms with Crippen LogP contribution in [0.1, 0.15) is 18.2 Å². The number of benzene rings is 1. The lowest BCUT2D eigenvalue weighted by Gasteiger charge is -2.05. The highest BCUT2D eigenvalue weighted by atomic mass is 19.1. The first-order chi connectivity index (χ1) is 8.11. The first-order valence-electron chi connectivity index (χ1n) is 5.47. The fourth-order valence-corrected chi connectivity index (χ4v) is 1.67. The molecule has 2 rings (SSSR count). The molecule has 1 N–H and O–H groups in total. The maximum atomic E-state index is 12.8. The second kappa shape index (κ2) is 4.49. The molecular weight excluding hydrogens is 219 g/mol. The lowest BCUT2D eigenvalue weighted by atomic mass is 10.1. The molecule has 0 amide bonds. The zero-order valence-corrected chi connectivity index (χ0v) is 9.75. The summed E-state index contributed by atoms with van der Waals surface area (Å²) in [4.78, 5) is 18.8. The van der Waals surface area contributed by atoms with Gasteiger partial charge in [-0.3, -0.25) is 4.79 Å². The molecule has 1 aromatic heterocycles. The zero-order chi connectivity index (χ0) is 12.4. The third-order valence-electron chi connectivity index (χ3n) is 2.70. The summed E-state index contributed by atoms with van der Waals surface area (Å²) in [7, 11) is 0. The van der Waals surface area contributed by atoms with E-state index in [9.17, 15) is 9.18 Å². The number of hydrogen-bond acceptors (Lipinski definition) is 2. The summed E-state index contributed by atoms with van der Waals surface area (Å²) >= 11 is 0. The molecule has 0 fully saturated rings. The molecule has 1 heterocycles. The van der Waals surface area contributed by atoms with Crippen molar-refractivity contribution in [3.63, 3.8) is 0 Å². The number of rotatable bonds is 2. The molecule has 3 nitrogen and oxygen atoms in total. The van der Waals surface area contributed by atoms with Crippen molar-refractivity contribution < 1.29 is 4.39 Å². The summed E-state index contributed by atoms with van der Waals surface area (Å²) in [6, 6.07) is 5.90. The van der Waals surface area contributed by atoms with Crippen LogP contribution in [0.2, 0.25) is 0 Å². The molecule has 0 aliphatic heterocycles. The van der Waals surface area contributed by atoms with Gasteiger partial charge in [0, 0.05) is 11.1 Å². The van der Waals surface area contributed by atoms with E-state index in [1.165, 1.54) is 12.1 Å². The lowest BCUT2D eigenvalue weighted by molar-refractivity contribution is 0.628. The van der Waals surface area contributed by atoms with Gasteiger partial charge in [-0.25, -0.2) is 9.37 Å². The predicted molar refractivity (Wildman–Crippen MR) is 64.4 cm³/mol. The number of aromatic nitrogens is 2. The van der Waals surface area contributed by atoms with E-state index in [1.54, 1.807) is 19.1 Å². The Morgan fingerprint density at radius 3 is 2.53 bits per heavy atom. The first-order valence-corrected chi connectivity index (χ1v) is 5.47. The maximum Gasteiger partial charge on any atom is 0.254 e. The number of nitrogens with one attached hydrogen (secondary N) is 1. The van der Waals surface area contributed by atoms with E-state index in [1.807, 2.05) is 6.92 Å². The SMILES string of the molecule is CCc1nc(-c2ccc(F)cc2)[nH]c(=O)c1C. The number of H-pyrrole nitrogens is 1. The Bertz CT molecular complexity index is 587. The van der Waals surface area contributed by atoms with Gasteiger partial charge in [-0.1, -0.05) is 6.92 Å². The van der Waals surface area contributed by atoms with Gasteiger partial charge in [-0.05, 0) is 37.6 Å². The molecule has 17 heavy (non-hydrogen) atoms. The van der Waals surface area contributed by atoms with E-state index in [-0.39, 0.29) is 11.4 Å². The van der Waals surface area contributed by atoms with Gasteiger partial charge in [0.05, 0.1) is 5.69 Å². The van der Waals surface area contributed by atoms with Gasteiger partial charge in [0.25, 0.3) is 5.56 Å². The molecule has 0 spiro atoms. The van der Waals surface area contributed by atoms with Crippen molar-refractivity contribution in [2.24, 2.45) is 0 Å². The van der Waals surface area contributed by atoms with Crippen molar-refractivity contribution in [3.05, 3.63) is 51.7 Å². The number of hydrogen-bond donors (Lipinski definition) is 1. The maximum absolute atomic E-state index is 12.8. The molecule has 0 unspecified atom stereocenters. The van der Waals surface area contributed by atoms with Crippen LogP contribution in [0.15, 0.2) is 29.1 Å². The third-order valence-corrected chi connectivity index (χ3v) is 2.70. The quantitative estimate of drug-likeness (QED) is 0.864. The first kappa shape index (κ1) is 11.5. The number of aromatic amines is 1. The van der Waals surface area contributed by atoms with Crippen molar-refractivity contribution >= 4 is 0 Å². The fraction of sp³-hybridized carbons (Fsp3) is 0.231. The molecule has 0 aliphatic rings. The van der Waals surface area contributed by atoms with Gasteiger partial charge in [-0.15, -0.1) is 0 Å². The average Bonchev–Trinajstić information content (AvgIpc) is 2.33. The van der Waals surface area contributed by atoms with Crippen LogP contribution < -0.4 is 5.56 Å². The molecule has 0 atom stereocenters. The minimum Gasteiger partial charge on any atom is -0.306 e. The minimum absolute atomic E-state index is 0.142. The fourth-order valence-electron chi connectivity index (χ4n) is 1.67. The smallest absolute Gasteiger partial charge is 0.254 e. The van der Waals surface area contributed by atoms with Gasteiger partial charge >= 0.3 is 0 Å². The van der Waals surface area contributed by atoms with Crippen LogP contribution in [0, 0.1) is 12.7 Å².